The van der Waals surface area contributed by atoms with Crippen LogP contribution in [0.1, 0.15) is 110 Å². The summed E-state index contributed by atoms with van der Waals surface area (Å²) >= 11 is 5.30. The van der Waals surface area contributed by atoms with Gasteiger partial charge in [-0.3, -0.25) is 4.79 Å². The predicted octanol–water partition coefficient (Wildman–Crippen LogP) is 7.26. The van der Waals surface area contributed by atoms with Gasteiger partial charge in [0.05, 0.1) is 0 Å². The molecule has 1 nitrogen and oxygen atoms in total. The van der Waals surface area contributed by atoms with Gasteiger partial charge in [-0.05, 0) is 23.9 Å². The van der Waals surface area contributed by atoms with Gasteiger partial charge in [-0.2, -0.15) is 0 Å². The smallest absolute Gasteiger partial charge is 0.221 e. The van der Waals surface area contributed by atoms with E-state index in [4.69, 9.17) is 11.6 Å². The highest BCUT2D eigenvalue weighted by molar-refractivity contribution is 6.63. The van der Waals surface area contributed by atoms with Crippen molar-refractivity contribution in [1.29, 1.82) is 0 Å². The minimum Gasteiger partial charge on any atom is -0.281 e. The Bertz CT molecular complexity index is 226. The average Bonchev–Trinajstić information content (AvgIpc) is 2.42. The van der Waals surface area contributed by atoms with Gasteiger partial charge in [0.2, 0.25) is 5.24 Å². The molecule has 0 rings (SSSR count). The van der Waals surface area contributed by atoms with E-state index in [0.29, 0.717) is 6.42 Å². The van der Waals surface area contributed by atoms with E-state index >= 15 is 0 Å². The largest absolute Gasteiger partial charge is 0.281 e. The number of unbranched alkanes of at least 4 members (excludes halogenated alkanes) is 12. The quantitative estimate of drug-likeness (QED) is 0.216. The molecule has 0 spiro atoms. The Labute approximate surface area is 138 Å². The molecule has 0 aromatic heterocycles. The van der Waals surface area contributed by atoms with Crippen LogP contribution >= 0.6 is 11.6 Å². The van der Waals surface area contributed by atoms with Crippen molar-refractivity contribution in [3.8, 4) is 0 Å². The highest BCUT2D eigenvalue weighted by atomic mass is 35.5. The molecule has 0 heterocycles. The zero-order valence-corrected chi connectivity index (χ0v) is 15.2. The Morgan fingerprint density at radius 2 is 1.00 bits per heavy atom. The molecule has 2 heteroatoms. The van der Waals surface area contributed by atoms with E-state index in [1.54, 1.807) is 0 Å². The zero-order chi connectivity index (χ0) is 15.8. The first-order chi connectivity index (χ1) is 10.1. The minimum absolute atomic E-state index is 0.181. The number of carbonyl (C=O) groups excluding carboxylic acids is 1. The van der Waals surface area contributed by atoms with Crippen LogP contribution in [-0.2, 0) is 4.79 Å². The molecule has 0 aromatic carbocycles. The summed E-state index contributed by atoms with van der Waals surface area (Å²) in [6.45, 7) is 4.63. The van der Waals surface area contributed by atoms with E-state index in [9.17, 15) is 4.79 Å². The van der Waals surface area contributed by atoms with Crippen LogP contribution in [0, 0.1) is 5.92 Å². The first-order valence-corrected chi connectivity index (χ1v) is 9.69. The molecule has 21 heavy (non-hydrogen) atoms. The minimum atomic E-state index is -0.181. The van der Waals surface area contributed by atoms with Crippen molar-refractivity contribution in [1.82, 2.24) is 0 Å². The highest BCUT2D eigenvalue weighted by Gasteiger charge is 1.97. The molecule has 0 aliphatic heterocycles. The maximum atomic E-state index is 10.6. The molecule has 0 saturated heterocycles. The van der Waals surface area contributed by atoms with E-state index in [2.05, 4.69) is 13.8 Å². The van der Waals surface area contributed by atoms with Crippen molar-refractivity contribution < 1.29 is 4.79 Å². The van der Waals surface area contributed by atoms with Crippen LogP contribution in [0.4, 0.5) is 0 Å². The summed E-state index contributed by atoms with van der Waals surface area (Å²) in [6.07, 6.45) is 19.4. The fourth-order valence-corrected chi connectivity index (χ4v) is 2.89. The molecular formula is C19H37ClO. The van der Waals surface area contributed by atoms with Crippen LogP contribution in [0.2, 0.25) is 0 Å². The molecule has 0 aliphatic carbocycles. The lowest BCUT2D eigenvalue weighted by Crippen LogP contribution is -1.87. The number of rotatable bonds is 16. The molecule has 0 N–H and O–H groups in total. The van der Waals surface area contributed by atoms with Gasteiger partial charge in [0.1, 0.15) is 0 Å². The first-order valence-electron chi connectivity index (χ1n) is 9.31. The monoisotopic (exact) mass is 316 g/mol. The molecule has 126 valence electrons. The Balaban J connectivity index is 2.98. The molecule has 0 bridgehead atoms. The standard InChI is InChI=1S/C19H37ClO/c1-18(2)16-14-12-10-8-6-4-3-5-7-9-11-13-15-17-19(20)21/h18H,3-17H2,1-2H3. The lowest BCUT2D eigenvalue weighted by molar-refractivity contribution is -0.111. The summed E-state index contributed by atoms with van der Waals surface area (Å²) in [5.41, 5.74) is 0. The van der Waals surface area contributed by atoms with E-state index in [-0.39, 0.29) is 5.24 Å². The van der Waals surface area contributed by atoms with Gasteiger partial charge in [-0.15, -0.1) is 0 Å². The summed E-state index contributed by atoms with van der Waals surface area (Å²) in [5.74, 6) is 0.875. The molecule has 0 aliphatic rings. The van der Waals surface area contributed by atoms with Gasteiger partial charge in [0, 0.05) is 6.42 Å². The van der Waals surface area contributed by atoms with Gasteiger partial charge < -0.3 is 0 Å². The van der Waals surface area contributed by atoms with Crippen LogP contribution in [0.5, 0.6) is 0 Å². The second-order valence-electron chi connectivity index (χ2n) is 6.88. The Morgan fingerprint density at radius 3 is 1.33 bits per heavy atom. The molecule has 0 unspecified atom stereocenters. The second kappa shape index (κ2) is 16.3. The summed E-state index contributed by atoms with van der Waals surface area (Å²) in [5, 5.41) is -0.181. The van der Waals surface area contributed by atoms with Crippen molar-refractivity contribution in [3.63, 3.8) is 0 Å². The third kappa shape index (κ3) is 20.0. The molecule has 0 fully saturated rings. The number of hydrogen-bond donors (Lipinski definition) is 0. The lowest BCUT2D eigenvalue weighted by atomic mass is 10.0. The van der Waals surface area contributed by atoms with Crippen molar-refractivity contribution in [2.75, 3.05) is 0 Å². The van der Waals surface area contributed by atoms with Crippen molar-refractivity contribution in [2.24, 2.45) is 5.92 Å². The van der Waals surface area contributed by atoms with Gasteiger partial charge in [-0.1, -0.05) is 97.3 Å². The summed E-state index contributed by atoms with van der Waals surface area (Å²) in [6, 6.07) is 0. The maximum Gasteiger partial charge on any atom is 0.221 e. The second-order valence-corrected chi connectivity index (χ2v) is 7.31. The van der Waals surface area contributed by atoms with Gasteiger partial charge in [0.15, 0.2) is 0 Å². The molecular weight excluding hydrogens is 280 g/mol. The van der Waals surface area contributed by atoms with E-state index in [1.807, 2.05) is 0 Å². The Kier molecular flexibility index (Phi) is 16.3. The lowest BCUT2D eigenvalue weighted by Gasteiger charge is -2.04. The highest BCUT2D eigenvalue weighted by Crippen LogP contribution is 2.14. The van der Waals surface area contributed by atoms with Crippen molar-refractivity contribution in [3.05, 3.63) is 0 Å². The predicted molar refractivity (Wildman–Crippen MR) is 95.0 cm³/mol. The van der Waals surface area contributed by atoms with Gasteiger partial charge in [0.25, 0.3) is 0 Å². The van der Waals surface area contributed by atoms with E-state index < -0.39 is 0 Å². The summed E-state index contributed by atoms with van der Waals surface area (Å²) in [7, 11) is 0. The van der Waals surface area contributed by atoms with Crippen LogP contribution in [0.15, 0.2) is 0 Å². The normalized spacial score (nSPS) is 11.2. The summed E-state index contributed by atoms with van der Waals surface area (Å²) in [4.78, 5) is 10.6. The fourth-order valence-electron chi connectivity index (χ4n) is 2.76. The number of hydrogen-bond acceptors (Lipinski definition) is 1. The molecule has 0 saturated carbocycles. The molecule has 0 aromatic rings. The van der Waals surface area contributed by atoms with E-state index in [1.165, 1.54) is 77.0 Å². The summed E-state index contributed by atoms with van der Waals surface area (Å²) < 4.78 is 0. The average molecular weight is 317 g/mol. The van der Waals surface area contributed by atoms with Crippen LogP contribution in [-0.4, -0.2) is 5.24 Å². The fraction of sp³-hybridized carbons (Fsp3) is 0.947. The topological polar surface area (TPSA) is 17.1 Å². The SMILES string of the molecule is CC(C)CCCCCCCCCCCCCCCC(=O)Cl. The third-order valence-electron chi connectivity index (χ3n) is 4.15. The maximum absolute atomic E-state index is 10.6. The van der Waals surface area contributed by atoms with Gasteiger partial charge >= 0.3 is 0 Å². The molecule has 0 atom stereocenters. The van der Waals surface area contributed by atoms with Crippen LogP contribution < -0.4 is 0 Å². The van der Waals surface area contributed by atoms with Gasteiger partial charge in [-0.25, -0.2) is 0 Å². The number of halogens is 1. The van der Waals surface area contributed by atoms with Crippen molar-refractivity contribution >= 4 is 16.8 Å². The van der Waals surface area contributed by atoms with E-state index in [0.717, 1.165) is 18.8 Å². The zero-order valence-electron chi connectivity index (χ0n) is 14.5. The van der Waals surface area contributed by atoms with Crippen molar-refractivity contribution in [2.45, 2.75) is 110 Å². The Hall–Kier alpha value is -0.0400. The third-order valence-corrected chi connectivity index (χ3v) is 4.34. The van der Waals surface area contributed by atoms with Crippen LogP contribution in [0.3, 0.4) is 0 Å². The molecule has 0 amide bonds. The van der Waals surface area contributed by atoms with Crippen LogP contribution in [0.25, 0.3) is 0 Å². The number of carbonyl (C=O) groups is 1. The molecule has 0 radical (unpaired) electrons. The first kappa shape index (κ1) is 21.0. The Morgan fingerprint density at radius 1 is 0.667 bits per heavy atom.